The molecular formula is C15H26N2O3S. The van der Waals surface area contributed by atoms with Crippen molar-refractivity contribution in [2.45, 2.75) is 51.5 Å². The molecule has 5 nitrogen and oxygen atoms in total. The fourth-order valence-electron chi connectivity index (χ4n) is 2.68. The third-order valence-corrected chi connectivity index (χ3v) is 4.58. The van der Waals surface area contributed by atoms with Crippen LogP contribution in [0.2, 0.25) is 0 Å². The molecule has 120 valence electrons. The third kappa shape index (κ3) is 5.21. The van der Waals surface area contributed by atoms with Gasteiger partial charge in [0.25, 0.3) is 0 Å². The van der Waals surface area contributed by atoms with Crippen molar-refractivity contribution in [3.8, 4) is 5.75 Å². The molecule has 1 aromatic rings. The zero-order chi connectivity index (χ0) is 16.5. The predicted molar refractivity (Wildman–Crippen MR) is 85.9 cm³/mol. The molecule has 6 heteroatoms. The maximum Gasteiger partial charge on any atom is 0.244 e. The molecule has 0 amide bonds. The van der Waals surface area contributed by atoms with Crippen LogP contribution in [0.1, 0.15) is 41.0 Å². The molecule has 0 aliphatic rings. The molecule has 0 atom stereocenters. The van der Waals surface area contributed by atoms with Crippen LogP contribution in [0.3, 0.4) is 0 Å². The Labute approximate surface area is 127 Å². The van der Waals surface area contributed by atoms with Crippen LogP contribution in [0, 0.1) is 5.41 Å². The van der Waals surface area contributed by atoms with Gasteiger partial charge >= 0.3 is 0 Å². The van der Waals surface area contributed by atoms with Crippen molar-refractivity contribution in [3.63, 3.8) is 0 Å². The average Bonchev–Trinajstić information content (AvgIpc) is 2.23. The molecule has 0 aromatic heterocycles. The molecule has 0 aliphatic carbocycles. The highest BCUT2D eigenvalue weighted by atomic mass is 32.2. The standard InChI is InChI=1S/C15H26N2O3S/c1-14(2,3)10-15(4,5)17-21(18,19)13-9-11(16)7-8-12(13)20-6/h7-9,17H,10,16H2,1-6H3. The van der Waals surface area contributed by atoms with Gasteiger partial charge in [-0.1, -0.05) is 20.8 Å². The lowest BCUT2D eigenvalue weighted by atomic mass is 9.82. The number of nitrogens with two attached hydrogens (primary N) is 1. The largest absolute Gasteiger partial charge is 0.495 e. The lowest BCUT2D eigenvalue weighted by Crippen LogP contribution is -2.45. The van der Waals surface area contributed by atoms with Gasteiger partial charge in [0.2, 0.25) is 10.0 Å². The van der Waals surface area contributed by atoms with E-state index in [0.717, 1.165) is 0 Å². The van der Waals surface area contributed by atoms with Crippen LogP contribution in [-0.4, -0.2) is 21.1 Å². The summed E-state index contributed by atoms with van der Waals surface area (Å²) < 4.78 is 33.1. The summed E-state index contributed by atoms with van der Waals surface area (Å²) in [5.74, 6) is 0.281. The monoisotopic (exact) mass is 314 g/mol. The van der Waals surface area contributed by atoms with E-state index in [1.165, 1.54) is 13.2 Å². The lowest BCUT2D eigenvalue weighted by Gasteiger charge is -2.33. The second-order valence-corrected chi connectivity index (χ2v) is 8.79. The maximum absolute atomic E-state index is 12.6. The van der Waals surface area contributed by atoms with E-state index in [1.54, 1.807) is 12.1 Å². The van der Waals surface area contributed by atoms with Crippen molar-refractivity contribution >= 4 is 15.7 Å². The van der Waals surface area contributed by atoms with Crippen LogP contribution in [-0.2, 0) is 10.0 Å². The Morgan fingerprint density at radius 2 is 1.76 bits per heavy atom. The second kappa shape index (κ2) is 5.85. The highest BCUT2D eigenvalue weighted by Gasteiger charge is 2.32. The molecule has 0 unspecified atom stereocenters. The highest BCUT2D eigenvalue weighted by molar-refractivity contribution is 7.89. The van der Waals surface area contributed by atoms with Crippen molar-refractivity contribution in [1.82, 2.24) is 4.72 Å². The Kier molecular flexibility index (Phi) is 4.95. The van der Waals surface area contributed by atoms with Crippen LogP contribution < -0.4 is 15.2 Å². The predicted octanol–water partition coefficient (Wildman–Crippen LogP) is 2.77. The van der Waals surface area contributed by atoms with Crippen molar-refractivity contribution in [3.05, 3.63) is 18.2 Å². The fourth-order valence-corrected chi connectivity index (χ4v) is 4.30. The summed E-state index contributed by atoms with van der Waals surface area (Å²) in [4.78, 5) is 0.0620. The number of sulfonamides is 1. The minimum Gasteiger partial charge on any atom is -0.495 e. The first-order valence-corrected chi connectivity index (χ1v) is 8.32. The smallest absolute Gasteiger partial charge is 0.244 e. The van der Waals surface area contributed by atoms with Crippen LogP contribution in [0.25, 0.3) is 0 Å². The summed E-state index contributed by atoms with van der Waals surface area (Å²) >= 11 is 0. The molecule has 0 fully saturated rings. The first kappa shape index (κ1) is 17.8. The van der Waals surface area contributed by atoms with E-state index in [-0.39, 0.29) is 16.1 Å². The molecule has 21 heavy (non-hydrogen) atoms. The number of methoxy groups -OCH3 is 1. The Morgan fingerprint density at radius 1 is 1.19 bits per heavy atom. The quantitative estimate of drug-likeness (QED) is 0.819. The van der Waals surface area contributed by atoms with Crippen LogP contribution in [0.4, 0.5) is 5.69 Å². The Hall–Kier alpha value is -1.27. The molecule has 0 aliphatic heterocycles. The van der Waals surface area contributed by atoms with Crippen molar-refractivity contribution in [2.24, 2.45) is 5.41 Å². The van der Waals surface area contributed by atoms with Gasteiger partial charge in [-0.2, -0.15) is 0 Å². The topological polar surface area (TPSA) is 81.4 Å². The van der Waals surface area contributed by atoms with Gasteiger partial charge in [0, 0.05) is 11.2 Å². The number of nitrogens with one attached hydrogen (secondary N) is 1. The molecule has 3 N–H and O–H groups in total. The molecule has 0 heterocycles. The van der Waals surface area contributed by atoms with E-state index in [2.05, 4.69) is 25.5 Å². The van der Waals surface area contributed by atoms with Gasteiger partial charge in [-0.3, -0.25) is 0 Å². The first-order chi connectivity index (χ1) is 9.36. The highest BCUT2D eigenvalue weighted by Crippen LogP contribution is 2.31. The first-order valence-electron chi connectivity index (χ1n) is 6.84. The van der Waals surface area contributed by atoms with E-state index >= 15 is 0 Å². The summed E-state index contributed by atoms with van der Waals surface area (Å²) in [5, 5.41) is 0. The number of benzene rings is 1. The summed E-state index contributed by atoms with van der Waals surface area (Å²) in [5.41, 5.74) is 5.51. The van der Waals surface area contributed by atoms with Crippen LogP contribution in [0.15, 0.2) is 23.1 Å². The van der Waals surface area contributed by atoms with Gasteiger partial charge in [0.05, 0.1) is 7.11 Å². The van der Waals surface area contributed by atoms with Gasteiger partial charge in [-0.15, -0.1) is 0 Å². The molecule has 0 spiro atoms. The minimum absolute atomic E-state index is 0.00578. The maximum atomic E-state index is 12.6. The van der Waals surface area contributed by atoms with Crippen LogP contribution >= 0.6 is 0 Å². The Bertz CT molecular complexity index is 602. The summed E-state index contributed by atoms with van der Waals surface area (Å²) in [7, 11) is -2.28. The van der Waals surface area contributed by atoms with Crippen molar-refractivity contribution < 1.29 is 13.2 Å². The Balaban J connectivity index is 3.15. The lowest BCUT2D eigenvalue weighted by molar-refractivity contribution is 0.269. The fraction of sp³-hybridized carbons (Fsp3) is 0.600. The average molecular weight is 314 g/mol. The van der Waals surface area contributed by atoms with Gasteiger partial charge < -0.3 is 10.5 Å². The number of nitrogen functional groups attached to an aromatic ring is 1. The number of hydrogen-bond acceptors (Lipinski definition) is 4. The van der Waals surface area contributed by atoms with E-state index in [0.29, 0.717) is 12.1 Å². The molecule has 0 saturated carbocycles. The summed E-state index contributed by atoms with van der Waals surface area (Å²) in [6.45, 7) is 9.96. The zero-order valence-corrected chi connectivity index (χ0v) is 14.5. The van der Waals surface area contributed by atoms with Gasteiger partial charge in [-0.25, -0.2) is 13.1 Å². The zero-order valence-electron chi connectivity index (χ0n) is 13.6. The van der Waals surface area contributed by atoms with Crippen molar-refractivity contribution in [2.75, 3.05) is 12.8 Å². The molecule has 0 radical (unpaired) electrons. The normalized spacial score (nSPS) is 13.2. The number of hydrogen-bond donors (Lipinski definition) is 2. The molecule has 0 bridgehead atoms. The molecule has 0 saturated heterocycles. The number of rotatable bonds is 5. The number of ether oxygens (including phenoxy) is 1. The Morgan fingerprint density at radius 3 is 2.24 bits per heavy atom. The van der Waals surface area contributed by atoms with Gasteiger partial charge in [-0.05, 0) is 43.9 Å². The minimum atomic E-state index is -3.71. The van der Waals surface area contributed by atoms with E-state index in [4.69, 9.17) is 10.5 Å². The molecule has 1 aromatic carbocycles. The van der Waals surface area contributed by atoms with E-state index < -0.39 is 15.6 Å². The second-order valence-electron chi connectivity index (χ2n) is 7.14. The van der Waals surface area contributed by atoms with Gasteiger partial charge in [0.1, 0.15) is 10.6 Å². The van der Waals surface area contributed by atoms with Gasteiger partial charge in [0.15, 0.2) is 0 Å². The van der Waals surface area contributed by atoms with Crippen LogP contribution in [0.5, 0.6) is 5.75 Å². The molecule has 1 rings (SSSR count). The van der Waals surface area contributed by atoms with E-state index in [1.807, 2.05) is 13.8 Å². The summed E-state index contributed by atoms with van der Waals surface area (Å²) in [6.07, 6.45) is 0.698. The molecular weight excluding hydrogens is 288 g/mol. The SMILES string of the molecule is COc1ccc(N)cc1S(=O)(=O)NC(C)(C)CC(C)(C)C. The van der Waals surface area contributed by atoms with Crippen molar-refractivity contribution in [1.29, 1.82) is 0 Å². The van der Waals surface area contributed by atoms with E-state index in [9.17, 15) is 8.42 Å². The number of anilines is 1. The summed E-state index contributed by atoms with van der Waals surface area (Å²) in [6, 6.07) is 4.58. The third-order valence-electron chi connectivity index (χ3n) is 2.86.